The molecule has 2 aliphatic heterocycles. The summed E-state index contributed by atoms with van der Waals surface area (Å²) in [5.41, 5.74) is 0. The zero-order valence-electron chi connectivity index (χ0n) is 9.91. The minimum Gasteiger partial charge on any atom is -0.355 e. The number of carbonyl (C=O) groups is 1. The number of rotatable bonds is 4. The Balaban J connectivity index is 2.12. The van der Waals surface area contributed by atoms with Gasteiger partial charge in [-0.05, 0) is 24.7 Å². The van der Waals surface area contributed by atoms with Crippen LogP contribution >= 0.6 is 0 Å². The van der Waals surface area contributed by atoms with Gasteiger partial charge in [0.2, 0.25) is 6.41 Å². The highest BCUT2D eigenvalue weighted by molar-refractivity contribution is 7.91. The summed E-state index contributed by atoms with van der Waals surface area (Å²) in [6.07, 6.45) is 1.55. The molecule has 2 rings (SSSR count). The quantitative estimate of drug-likeness (QED) is 0.669. The monoisotopic (exact) mass is 295 g/mol. The Bertz CT molecular complexity index is 480. The van der Waals surface area contributed by atoms with Gasteiger partial charge in [0.05, 0.1) is 23.0 Å². The van der Waals surface area contributed by atoms with Crippen molar-refractivity contribution in [1.82, 2.24) is 5.32 Å². The predicted octanol–water partition coefficient (Wildman–Crippen LogP) is -1.03. The van der Waals surface area contributed by atoms with Crippen LogP contribution in [0, 0.1) is 11.8 Å². The van der Waals surface area contributed by atoms with E-state index >= 15 is 0 Å². The second-order valence-corrected chi connectivity index (χ2v) is 9.59. The van der Waals surface area contributed by atoms with Crippen molar-refractivity contribution in [3.63, 3.8) is 0 Å². The molecule has 104 valence electrons. The Morgan fingerprint density at radius 1 is 0.944 bits per heavy atom. The molecule has 0 saturated carbocycles. The summed E-state index contributed by atoms with van der Waals surface area (Å²) in [5.74, 6) is 0.0592. The van der Waals surface area contributed by atoms with Gasteiger partial charge in [0.25, 0.3) is 0 Å². The molecule has 2 aliphatic rings. The smallest absolute Gasteiger partial charge is 0.207 e. The van der Waals surface area contributed by atoms with E-state index in [9.17, 15) is 21.6 Å². The molecule has 0 unspecified atom stereocenters. The molecule has 2 saturated heterocycles. The lowest BCUT2D eigenvalue weighted by molar-refractivity contribution is -0.110. The molecule has 0 spiro atoms. The Kier molecular flexibility index (Phi) is 3.68. The SMILES string of the molecule is O=CNC([C@H]1CCS(=O)(=O)C1)[C@H]1CCS(=O)(=O)C1. The van der Waals surface area contributed by atoms with Crippen molar-refractivity contribution < 1.29 is 21.6 Å². The first kappa shape index (κ1) is 13.8. The zero-order valence-corrected chi connectivity index (χ0v) is 11.5. The van der Waals surface area contributed by atoms with Crippen LogP contribution in [0.3, 0.4) is 0 Å². The Morgan fingerprint density at radius 2 is 1.39 bits per heavy atom. The number of carbonyl (C=O) groups excluding carboxylic acids is 1. The van der Waals surface area contributed by atoms with Crippen LogP contribution in [0.2, 0.25) is 0 Å². The summed E-state index contributed by atoms with van der Waals surface area (Å²) in [6, 6.07) is -0.336. The summed E-state index contributed by atoms with van der Waals surface area (Å²) in [7, 11) is -6.04. The van der Waals surface area contributed by atoms with Gasteiger partial charge in [-0.1, -0.05) is 0 Å². The van der Waals surface area contributed by atoms with E-state index in [1.165, 1.54) is 0 Å². The second kappa shape index (κ2) is 4.80. The molecule has 18 heavy (non-hydrogen) atoms. The van der Waals surface area contributed by atoms with E-state index in [0.29, 0.717) is 19.3 Å². The predicted molar refractivity (Wildman–Crippen MR) is 66.5 cm³/mol. The minimum absolute atomic E-state index is 0.0506. The molecule has 1 N–H and O–H groups in total. The number of hydrogen-bond acceptors (Lipinski definition) is 5. The number of nitrogens with one attached hydrogen (secondary N) is 1. The van der Waals surface area contributed by atoms with E-state index in [4.69, 9.17) is 0 Å². The number of sulfone groups is 2. The Hall–Kier alpha value is -0.630. The molecular weight excluding hydrogens is 278 g/mol. The van der Waals surface area contributed by atoms with Crippen LogP contribution in [0.1, 0.15) is 12.8 Å². The van der Waals surface area contributed by atoms with Crippen LogP contribution in [-0.4, -0.2) is 52.3 Å². The molecule has 1 amide bonds. The maximum absolute atomic E-state index is 11.5. The normalized spacial score (nSPS) is 33.6. The number of hydrogen-bond donors (Lipinski definition) is 1. The molecule has 0 aromatic rings. The largest absolute Gasteiger partial charge is 0.355 e. The van der Waals surface area contributed by atoms with Crippen LogP contribution in [0.25, 0.3) is 0 Å². The topological polar surface area (TPSA) is 97.4 Å². The highest BCUT2D eigenvalue weighted by atomic mass is 32.2. The minimum atomic E-state index is -3.02. The van der Waals surface area contributed by atoms with Crippen LogP contribution in [-0.2, 0) is 24.5 Å². The van der Waals surface area contributed by atoms with Crippen LogP contribution in [0.5, 0.6) is 0 Å². The summed E-state index contributed by atoms with van der Waals surface area (Å²) in [6.45, 7) is 0. The fourth-order valence-corrected chi connectivity index (χ4v) is 6.66. The molecule has 2 atom stereocenters. The lowest BCUT2D eigenvalue weighted by Gasteiger charge is -2.26. The molecular formula is C10H17NO5S2. The van der Waals surface area contributed by atoms with Crippen LogP contribution in [0.4, 0.5) is 0 Å². The summed E-state index contributed by atoms with van der Waals surface area (Å²) >= 11 is 0. The van der Waals surface area contributed by atoms with E-state index in [1.807, 2.05) is 0 Å². The summed E-state index contributed by atoms with van der Waals surface area (Å²) in [4.78, 5) is 10.6. The van der Waals surface area contributed by atoms with Crippen LogP contribution in [0.15, 0.2) is 0 Å². The Labute approximate surface area is 107 Å². The van der Waals surface area contributed by atoms with Crippen molar-refractivity contribution in [2.75, 3.05) is 23.0 Å². The van der Waals surface area contributed by atoms with E-state index in [-0.39, 0.29) is 40.9 Å². The van der Waals surface area contributed by atoms with Gasteiger partial charge in [-0.2, -0.15) is 0 Å². The van der Waals surface area contributed by atoms with E-state index in [0.717, 1.165) is 0 Å². The van der Waals surface area contributed by atoms with Crippen molar-refractivity contribution in [3.8, 4) is 0 Å². The molecule has 2 fully saturated rings. The van der Waals surface area contributed by atoms with Crippen molar-refractivity contribution in [2.45, 2.75) is 18.9 Å². The fourth-order valence-electron chi connectivity index (χ4n) is 2.95. The molecule has 0 radical (unpaired) electrons. The molecule has 0 aromatic carbocycles. The van der Waals surface area contributed by atoms with Crippen molar-refractivity contribution >= 4 is 26.1 Å². The third-order valence-electron chi connectivity index (χ3n) is 3.81. The highest BCUT2D eigenvalue weighted by Crippen LogP contribution is 2.31. The third kappa shape index (κ3) is 3.03. The van der Waals surface area contributed by atoms with Gasteiger partial charge in [0.1, 0.15) is 0 Å². The first-order valence-corrected chi connectivity index (χ1v) is 9.58. The third-order valence-corrected chi connectivity index (χ3v) is 7.40. The van der Waals surface area contributed by atoms with Gasteiger partial charge < -0.3 is 5.32 Å². The zero-order chi connectivity index (χ0) is 13.4. The molecule has 0 aromatic heterocycles. The van der Waals surface area contributed by atoms with Crippen molar-refractivity contribution in [2.24, 2.45) is 11.8 Å². The molecule has 0 aliphatic carbocycles. The van der Waals surface area contributed by atoms with E-state index in [2.05, 4.69) is 5.32 Å². The number of amides is 1. The Morgan fingerprint density at radius 3 is 1.67 bits per heavy atom. The average Bonchev–Trinajstić information content (AvgIpc) is 2.78. The second-order valence-electron chi connectivity index (χ2n) is 5.14. The van der Waals surface area contributed by atoms with Gasteiger partial charge in [-0.15, -0.1) is 0 Å². The summed E-state index contributed by atoms with van der Waals surface area (Å²) in [5, 5.41) is 2.63. The summed E-state index contributed by atoms with van der Waals surface area (Å²) < 4.78 is 45.8. The standard InChI is InChI=1S/C10H17NO5S2/c12-7-11-10(8-1-3-17(13,14)5-8)9-2-4-18(15,16)6-9/h7-10H,1-6H2,(H,11,12)/t8-,9-/m0/s1. The highest BCUT2D eigenvalue weighted by Gasteiger charge is 2.41. The van der Waals surface area contributed by atoms with Gasteiger partial charge in [0, 0.05) is 6.04 Å². The van der Waals surface area contributed by atoms with Crippen molar-refractivity contribution in [3.05, 3.63) is 0 Å². The molecule has 6 nitrogen and oxygen atoms in total. The van der Waals surface area contributed by atoms with E-state index < -0.39 is 19.7 Å². The molecule has 0 bridgehead atoms. The molecule has 2 heterocycles. The van der Waals surface area contributed by atoms with Gasteiger partial charge >= 0.3 is 0 Å². The first-order valence-electron chi connectivity index (χ1n) is 5.93. The lowest BCUT2D eigenvalue weighted by atomic mass is 9.87. The van der Waals surface area contributed by atoms with Gasteiger partial charge in [0.15, 0.2) is 19.7 Å². The van der Waals surface area contributed by atoms with Gasteiger partial charge in [-0.25, -0.2) is 16.8 Å². The van der Waals surface area contributed by atoms with Crippen LogP contribution < -0.4 is 5.32 Å². The molecule has 8 heteroatoms. The maximum atomic E-state index is 11.5. The van der Waals surface area contributed by atoms with Crippen molar-refractivity contribution in [1.29, 1.82) is 0 Å². The maximum Gasteiger partial charge on any atom is 0.207 e. The lowest BCUT2D eigenvalue weighted by Crippen LogP contribution is -2.42. The van der Waals surface area contributed by atoms with Gasteiger partial charge in [-0.3, -0.25) is 4.79 Å². The first-order chi connectivity index (χ1) is 8.33. The fraction of sp³-hybridized carbons (Fsp3) is 0.900. The average molecular weight is 295 g/mol. The van der Waals surface area contributed by atoms with E-state index in [1.54, 1.807) is 0 Å².